The summed E-state index contributed by atoms with van der Waals surface area (Å²) >= 11 is 3.20. The number of benzene rings is 1. The molecule has 0 saturated carbocycles. The van der Waals surface area contributed by atoms with Crippen LogP contribution in [0.3, 0.4) is 0 Å². The van der Waals surface area contributed by atoms with Gasteiger partial charge >= 0.3 is 0 Å². The van der Waals surface area contributed by atoms with Crippen LogP contribution in [-0.2, 0) is 14.8 Å². The van der Waals surface area contributed by atoms with Crippen LogP contribution in [0.2, 0.25) is 0 Å². The van der Waals surface area contributed by atoms with Gasteiger partial charge in [0.1, 0.15) is 0 Å². The van der Waals surface area contributed by atoms with Crippen molar-refractivity contribution < 1.29 is 13.2 Å². The lowest BCUT2D eigenvalue weighted by Gasteiger charge is -2.19. The second-order valence-corrected chi connectivity index (χ2v) is 7.13. The lowest BCUT2D eigenvalue weighted by Crippen LogP contribution is -2.37. The molecule has 19 heavy (non-hydrogen) atoms. The van der Waals surface area contributed by atoms with Gasteiger partial charge in [0.15, 0.2) is 0 Å². The number of nitrogens with two attached hydrogens (primary N) is 1. The van der Waals surface area contributed by atoms with Gasteiger partial charge in [0.25, 0.3) is 0 Å². The number of hydrogen-bond donors (Lipinski definition) is 1. The van der Waals surface area contributed by atoms with Crippen molar-refractivity contribution in [2.24, 2.45) is 0 Å². The molecule has 0 heterocycles. The molecule has 1 aromatic carbocycles. The molecule has 0 atom stereocenters. The van der Waals surface area contributed by atoms with Gasteiger partial charge in [-0.05, 0) is 34.1 Å². The lowest BCUT2D eigenvalue weighted by molar-refractivity contribution is -0.128. The van der Waals surface area contributed by atoms with Crippen molar-refractivity contribution in [3.8, 4) is 0 Å². The molecule has 8 heteroatoms. The van der Waals surface area contributed by atoms with Gasteiger partial charge in [0, 0.05) is 31.3 Å². The fourth-order valence-corrected chi connectivity index (χ4v) is 2.68. The number of nitrogens with zero attached hydrogens (tertiary/aromatic N) is 2. The maximum absolute atomic E-state index is 12.2. The highest BCUT2D eigenvalue weighted by molar-refractivity contribution is 9.10. The molecule has 0 aliphatic heterocycles. The van der Waals surface area contributed by atoms with Gasteiger partial charge < -0.3 is 10.6 Å². The second-order valence-electron chi connectivity index (χ2n) is 4.23. The number of amides is 1. The predicted octanol–water partition coefficient (Wildman–Crippen LogP) is 0.740. The monoisotopic (exact) mass is 349 g/mol. The van der Waals surface area contributed by atoms with E-state index in [1.54, 1.807) is 20.2 Å². The van der Waals surface area contributed by atoms with Gasteiger partial charge in [-0.25, -0.2) is 8.42 Å². The van der Waals surface area contributed by atoms with Crippen LogP contribution in [0.1, 0.15) is 0 Å². The minimum atomic E-state index is -3.72. The average molecular weight is 350 g/mol. The quantitative estimate of drug-likeness (QED) is 0.812. The maximum Gasteiger partial charge on any atom is 0.243 e. The van der Waals surface area contributed by atoms with Gasteiger partial charge in [0.05, 0.1) is 11.4 Å². The Morgan fingerprint density at radius 1 is 1.32 bits per heavy atom. The first-order valence-corrected chi connectivity index (χ1v) is 7.61. The molecule has 0 radical (unpaired) electrons. The van der Waals surface area contributed by atoms with Crippen LogP contribution >= 0.6 is 15.9 Å². The van der Waals surface area contributed by atoms with Gasteiger partial charge in [-0.1, -0.05) is 0 Å². The third kappa shape index (κ3) is 3.68. The standard InChI is InChI=1S/C11H16BrN3O3S/c1-14(2)11(16)7-15(3)19(17,18)8-4-5-9(12)10(13)6-8/h4-6H,7,13H2,1-3H3. The smallest absolute Gasteiger partial charge is 0.243 e. The van der Waals surface area contributed by atoms with E-state index >= 15 is 0 Å². The summed E-state index contributed by atoms with van der Waals surface area (Å²) in [5.74, 6) is -0.295. The van der Waals surface area contributed by atoms with E-state index in [1.807, 2.05) is 0 Å². The molecule has 0 aliphatic carbocycles. The highest BCUT2D eigenvalue weighted by atomic mass is 79.9. The summed E-state index contributed by atoms with van der Waals surface area (Å²) in [4.78, 5) is 12.9. The van der Waals surface area contributed by atoms with E-state index in [-0.39, 0.29) is 17.3 Å². The first-order valence-electron chi connectivity index (χ1n) is 5.37. The summed E-state index contributed by atoms with van der Waals surface area (Å²) in [7, 11) is 0.774. The molecule has 1 rings (SSSR count). The molecule has 106 valence electrons. The molecule has 6 nitrogen and oxygen atoms in total. The highest BCUT2D eigenvalue weighted by Gasteiger charge is 2.24. The predicted molar refractivity (Wildman–Crippen MR) is 77.1 cm³/mol. The van der Waals surface area contributed by atoms with Gasteiger partial charge in [-0.2, -0.15) is 4.31 Å². The largest absolute Gasteiger partial charge is 0.398 e. The van der Waals surface area contributed by atoms with Crippen molar-refractivity contribution in [3.63, 3.8) is 0 Å². The zero-order valence-corrected chi connectivity index (χ0v) is 13.3. The Morgan fingerprint density at radius 2 is 1.89 bits per heavy atom. The summed E-state index contributed by atoms with van der Waals surface area (Å²) in [5, 5.41) is 0. The molecule has 1 amide bonds. The van der Waals surface area contributed by atoms with Gasteiger partial charge in [0.2, 0.25) is 15.9 Å². The molecule has 0 saturated heterocycles. The zero-order chi connectivity index (χ0) is 14.8. The number of nitrogen functional groups attached to an aromatic ring is 1. The normalized spacial score (nSPS) is 11.6. The van der Waals surface area contributed by atoms with Crippen molar-refractivity contribution in [2.75, 3.05) is 33.4 Å². The third-order valence-corrected chi connectivity index (χ3v) is 5.05. The number of likely N-dealkylation sites (N-methyl/N-ethyl adjacent to an activating group) is 2. The Morgan fingerprint density at radius 3 is 2.37 bits per heavy atom. The minimum Gasteiger partial charge on any atom is -0.398 e. The van der Waals surface area contributed by atoms with E-state index in [0.717, 1.165) is 4.31 Å². The van der Waals surface area contributed by atoms with Crippen LogP contribution in [0, 0.1) is 0 Å². The van der Waals surface area contributed by atoms with Crippen molar-refractivity contribution >= 4 is 37.5 Å². The molecule has 0 bridgehead atoms. The van der Waals surface area contributed by atoms with E-state index in [4.69, 9.17) is 5.73 Å². The first kappa shape index (κ1) is 15.9. The Labute approximate surface area is 121 Å². The number of halogens is 1. The Balaban J connectivity index is 3.03. The highest BCUT2D eigenvalue weighted by Crippen LogP contribution is 2.24. The number of rotatable bonds is 4. The summed E-state index contributed by atoms with van der Waals surface area (Å²) in [5.41, 5.74) is 5.99. The maximum atomic E-state index is 12.2. The molecule has 0 unspecified atom stereocenters. The Kier molecular flexibility index (Phi) is 4.94. The zero-order valence-electron chi connectivity index (χ0n) is 10.9. The number of hydrogen-bond acceptors (Lipinski definition) is 4. The minimum absolute atomic E-state index is 0.0576. The SMILES string of the molecule is CN(C)C(=O)CN(C)S(=O)(=O)c1ccc(Br)c(N)c1. The molecule has 1 aromatic rings. The Hall–Kier alpha value is -1.12. The van der Waals surface area contributed by atoms with E-state index < -0.39 is 10.0 Å². The number of anilines is 1. The van der Waals surface area contributed by atoms with E-state index in [9.17, 15) is 13.2 Å². The van der Waals surface area contributed by atoms with Crippen LogP contribution in [0.25, 0.3) is 0 Å². The fraction of sp³-hybridized carbons (Fsp3) is 0.364. The molecule has 0 spiro atoms. The summed E-state index contributed by atoms with van der Waals surface area (Å²) < 4.78 is 26.1. The average Bonchev–Trinajstić information content (AvgIpc) is 2.32. The van der Waals surface area contributed by atoms with Crippen molar-refractivity contribution in [1.29, 1.82) is 0 Å². The van der Waals surface area contributed by atoms with Crippen LogP contribution in [-0.4, -0.2) is 51.2 Å². The number of carbonyl (C=O) groups is 1. The molecular formula is C11H16BrN3O3S. The van der Waals surface area contributed by atoms with Gasteiger partial charge in [-0.3, -0.25) is 4.79 Å². The summed E-state index contributed by atoms with van der Waals surface area (Å²) in [6.45, 7) is -0.217. The van der Waals surface area contributed by atoms with Crippen LogP contribution in [0.15, 0.2) is 27.6 Å². The van der Waals surface area contributed by atoms with E-state index in [2.05, 4.69) is 15.9 Å². The van der Waals surface area contributed by atoms with E-state index in [1.165, 1.54) is 24.1 Å². The van der Waals surface area contributed by atoms with Gasteiger partial charge in [-0.15, -0.1) is 0 Å². The van der Waals surface area contributed by atoms with E-state index in [0.29, 0.717) is 10.2 Å². The third-order valence-electron chi connectivity index (χ3n) is 2.53. The molecule has 0 aromatic heterocycles. The number of sulfonamides is 1. The summed E-state index contributed by atoms with van der Waals surface area (Å²) in [6, 6.07) is 4.35. The topological polar surface area (TPSA) is 83.7 Å². The fourth-order valence-electron chi connectivity index (χ4n) is 1.28. The molecule has 0 fully saturated rings. The molecular weight excluding hydrogens is 334 g/mol. The summed E-state index contributed by atoms with van der Waals surface area (Å²) in [6.07, 6.45) is 0. The first-order chi connectivity index (χ1) is 8.66. The molecule has 0 aliphatic rings. The Bertz CT molecular complexity index is 587. The van der Waals surface area contributed by atoms with Crippen molar-refractivity contribution in [2.45, 2.75) is 4.90 Å². The van der Waals surface area contributed by atoms with Crippen LogP contribution in [0.5, 0.6) is 0 Å². The number of carbonyl (C=O) groups excluding carboxylic acids is 1. The molecule has 2 N–H and O–H groups in total. The van der Waals surface area contributed by atoms with Crippen LogP contribution < -0.4 is 5.73 Å². The lowest BCUT2D eigenvalue weighted by atomic mass is 10.3. The second kappa shape index (κ2) is 5.89. The van der Waals surface area contributed by atoms with Crippen molar-refractivity contribution in [3.05, 3.63) is 22.7 Å². The van der Waals surface area contributed by atoms with Crippen LogP contribution in [0.4, 0.5) is 5.69 Å². The van der Waals surface area contributed by atoms with Crippen molar-refractivity contribution in [1.82, 2.24) is 9.21 Å².